The molecule has 1 aromatic carbocycles. The topological polar surface area (TPSA) is 81.8 Å². The number of hydrogen-bond acceptors (Lipinski definition) is 5. The molecule has 1 aliphatic rings. The van der Waals surface area contributed by atoms with Gasteiger partial charge in [-0.15, -0.1) is 0 Å². The molecule has 0 atom stereocenters. The molecular weight excluding hydrogens is 364 g/mol. The molecule has 152 valence electrons. The average molecular weight is 397 g/mol. The molecule has 1 heterocycles. The summed E-state index contributed by atoms with van der Waals surface area (Å²) in [5.41, 5.74) is 2.40. The van der Waals surface area contributed by atoms with E-state index in [2.05, 4.69) is 51.9 Å². The van der Waals surface area contributed by atoms with E-state index in [1.165, 1.54) is 17.5 Å². The van der Waals surface area contributed by atoms with E-state index in [1.54, 1.807) is 0 Å². The molecule has 0 aliphatic carbocycles. The van der Waals surface area contributed by atoms with Crippen molar-refractivity contribution < 1.29 is 13.2 Å². The molecule has 27 heavy (non-hydrogen) atoms. The zero-order chi connectivity index (χ0) is 19.9. The minimum atomic E-state index is -3.17. The number of sulfonamides is 1. The van der Waals surface area contributed by atoms with Crippen molar-refractivity contribution in [3.63, 3.8) is 0 Å². The normalized spacial score (nSPS) is 16.3. The molecule has 0 spiro atoms. The van der Waals surface area contributed by atoms with Gasteiger partial charge in [0.15, 0.2) is 0 Å². The lowest BCUT2D eigenvalue weighted by Gasteiger charge is -2.31. The SMILES string of the molecule is CCN(CCNC(=O)CN1CCC(NS(C)(=O)=O)CC1)c1cccc(C)c1. The Kier molecular flexibility index (Phi) is 8.07. The maximum atomic E-state index is 12.2. The van der Waals surface area contributed by atoms with E-state index in [4.69, 9.17) is 0 Å². The summed E-state index contributed by atoms with van der Waals surface area (Å²) in [6, 6.07) is 8.35. The predicted molar refractivity (Wildman–Crippen MR) is 110 cm³/mol. The largest absolute Gasteiger partial charge is 0.370 e. The molecule has 7 nitrogen and oxygen atoms in total. The lowest BCUT2D eigenvalue weighted by Crippen LogP contribution is -2.47. The van der Waals surface area contributed by atoms with Gasteiger partial charge in [0.25, 0.3) is 0 Å². The minimum Gasteiger partial charge on any atom is -0.370 e. The maximum Gasteiger partial charge on any atom is 0.234 e. The van der Waals surface area contributed by atoms with Crippen LogP contribution < -0.4 is 14.9 Å². The van der Waals surface area contributed by atoms with Crippen LogP contribution >= 0.6 is 0 Å². The lowest BCUT2D eigenvalue weighted by atomic mass is 10.1. The van der Waals surface area contributed by atoms with Crippen LogP contribution in [-0.4, -0.2) is 70.8 Å². The molecule has 2 rings (SSSR count). The summed E-state index contributed by atoms with van der Waals surface area (Å²) < 4.78 is 25.2. The second kappa shape index (κ2) is 10.1. The first-order valence-electron chi connectivity index (χ1n) is 9.55. The molecule has 8 heteroatoms. The van der Waals surface area contributed by atoms with Crippen LogP contribution in [0.15, 0.2) is 24.3 Å². The summed E-state index contributed by atoms with van der Waals surface area (Å²) in [7, 11) is -3.17. The van der Waals surface area contributed by atoms with Crippen LogP contribution in [0.25, 0.3) is 0 Å². The van der Waals surface area contributed by atoms with Gasteiger partial charge in [0, 0.05) is 44.5 Å². The number of carbonyl (C=O) groups excluding carboxylic acids is 1. The van der Waals surface area contributed by atoms with Crippen molar-refractivity contribution in [3.8, 4) is 0 Å². The molecule has 2 N–H and O–H groups in total. The molecule has 1 amide bonds. The standard InChI is InChI=1S/C19H32N4O3S/c1-4-23(18-7-5-6-16(2)14-18)13-10-20-19(24)15-22-11-8-17(9-12-22)21-27(3,25)26/h5-7,14,17,21H,4,8-13,15H2,1-3H3,(H,20,24). The van der Waals surface area contributed by atoms with Gasteiger partial charge in [-0.2, -0.15) is 0 Å². The van der Waals surface area contributed by atoms with Crippen molar-refractivity contribution in [2.45, 2.75) is 32.7 Å². The number of likely N-dealkylation sites (tertiary alicyclic amines) is 1. The fourth-order valence-corrected chi connectivity index (χ4v) is 4.24. The Morgan fingerprint density at radius 1 is 1.30 bits per heavy atom. The number of likely N-dealkylation sites (N-methyl/N-ethyl adjacent to an activating group) is 1. The number of anilines is 1. The molecule has 0 bridgehead atoms. The Morgan fingerprint density at radius 3 is 2.59 bits per heavy atom. The summed E-state index contributed by atoms with van der Waals surface area (Å²) >= 11 is 0. The van der Waals surface area contributed by atoms with Crippen molar-refractivity contribution >= 4 is 21.6 Å². The molecule has 1 fully saturated rings. The monoisotopic (exact) mass is 396 g/mol. The van der Waals surface area contributed by atoms with Gasteiger partial charge in [-0.05, 0) is 44.4 Å². The second-order valence-electron chi connectivity index (χ2n) is 7.21. The summed E-state index contributed by atoms with van der Waals surface area (Å²) in [6.07, 6.45) is 2.65. The van der Waals surface area contributed by atoms with Gasteiger partial charge >= 0.3 is 0 Å². The van der Waals surface area contributed by atoms with Crippen LogP contribution in [0.2, 0.25) is 0 Å². The van der Waals surface area contributed by atoms with Crippen LogP contribution in [0, 0.1) is 6.92 Å². The van der Waals surface area contributed by atoms with Crippen LogP contribution in [0.3, 0.4) is 0 Å². The van der Waals surface area contributed by atoms with Gasteiger partial charge in [-0.1, -0.05) is 12.1 Å². The second-order valence-corrected chi connectivity index (χ2v) is 8.99. The van der Waals surface area contributed by atoms with Gasteiger partial charge in [0.05, 0.1) is 12.8 Å². The van der Waals surface area contributed by atoms with Crippen LogP contribution in [0.4, 0.5) is 5.69 Å². The van der Waals surface area contributed by atoms with Gasteiger partial charge in [0.1, 0.15) is 0 Å². The number of nitrogens with zero attached hydrogens (tertiary/aromatic N) is 2. The van der Waals surface area contributed by atoms with Crippen LogP contribution in [-0.2, 0) is 14.8 Å². The Balaban J connectivity index is 1.69. The van der Waals surface area contributed by atoms with E-state index in [0.29, 0.717) is 13.1 Å². The number of piperidine rings is 1. The van der Waals surface area contributed by atoms with Crippen molar-refractivity contribution in [3.05, 3.63) is 29.8 Å². The predicted octanol–water partition coefficient (Wildman–Crippen LogP) is 0.951. The van der Waals surface area contributed by atoms with E-state index in [9.17, 15) is 13.2 Å². The van der Waals surface area contributed by atoms with Crippen molar-refractivity contribution in [2.75, 3.05) is 50.4 Å². The third kappa shape index (κ3) is 7.86. The van der Waals surface area contributed by atoms with Gasteiger partial charge in [0.2, 0.25) is 15.9 Å². The number of carbonyl (C=O) groups is 1. The van der Waals surface area contributed by atoms with Crippen molar-refractivity contribution in [2.24, 2.45) is 0 Å². The molecule has 0 unspecified atom stereocenters. The van der Waals surface area contributed by atoms with Crippen LogP contribution in [0.5, 0.6) is 0 Å². The molecule has 1 aromatic rings. The highest BCUT2D eigenvalue weighted by Crippen LogP contribution is 2.15. The molecule has 1 saturated heterocycles. The Hall–Kier alpha value is -1.64. The molecule has 1 aliphatic heterocycles. The Bertz CT molecular complexity index is 715. The van der Waals surface area contributed by atoms with E-state index in [1.807, 2.05) is 6.07 Å². The van der Waals surface area contributed by atoms with E-state index in [-0.39, 0.29) is 11.9 Å². The first kappa shape index (κ1) is 21.7. The molecular formula is C19H32N4O3S. The zero-order valence-electron chi connectivity index (χ0n) is 16.6. The summed E-state index contributed by atoms with van der Waals surface area (Å²) in [5.74, 6) is 0.0183. The minimum absolute atomic E-state index is 0.0183. The Morgan fingerprint density at radius 2 is 2.00 bits per heavy atom. The fourth-order valence-electron chi connectivity index (χ4n) is 3.40. The van der Waals surface area contributed by atoms with Gasteiger partial charge in [-0.25, -0.2) is 13.1 Å². The third-order valence-electron chi connectivity index (χ3n) is 4.79. The highest BCUT2D eigenvalue weighted by molar-refractivity contribution is 7.88. The molecule has 0 aromatic heterocycles. The number of nitrogens with one attached hydrogen (secondary N) is 2. The quantitative estimate of drug-likeness (QED) is 0.650. The number of benzene rings is 1. The molecule has 0 saturated carbocycles. The van der Waals surface area contributed by atoms with E-state index >= 15 is 0 Å². The smallest absolute Gasteiger partial charge is 0.234 e. The maximum absolute atomic E-state index is 12.2. The third-order valence-corrected chi connectivity index (χ3v) is 5.55. The zero-order valence-corrected chi connectivity index (χ0v) is 17.4. The number of hydrogen-bond donors (Lipinski definition) is 2. The highest BCUT2D eigenvalue weighted by Gasteiger charge is 2.22. The first-order valence-corrected chi connectivity index (χ1v) is 11.4. The fraction of sp³-hybridized carbons (Fsp3) is 0.632. The summed E-state index contributed by atoms with van der Waals surface area (Å²) in [6.45, 7) is 8.27. The van der Waals surface area contributed by atoms with Crippen molar-refractivity contribution in [1.29, 1.82) is 0 Å². The van der Waals surface area contributed by atoms with Crippen LogP contribution in [0.1, 0.15) is 25.3 Å². The number of rotatable bonds is 9. The van der Waals surface area contributed by atoms with Gasteiger partial charge < -0.3 is 10.2 Å². The number of amides is 1. The average Bonchev–Trinajstić information content (AvgIpc) is 2.59. The Labute approximate surface area is 163 Å². The highest BCUT2D eigenvalue weighted by atomic mass is 32.2. The van der Waals surface area contributed by atoms with E-state index in [0.717, 1.165) is 39.0 Å². The first-order chi connectivity index (χ1) is 12.8. The summed E-state index contributed by atoms with van der Waals surface area (Å²) in [5, 5.41) is 2.99. The van der Waals surface area contributed by atoms with Crippen molar-refractivity contribution in [1.82, 2.24) is 14.9 Å². The number of aryl methyl sites for hydroxylation is 1. The lowest BCUT2D eigenvalue weighted by molar-refractivity contribution is -0.122. The van der Waals surface area contributed by atoms with Gasteiger partial charge in [-0.3, -0.25) is 9.69 Å². The molecule has 0 radical (unpaired) electrons. The summed E-state index contributed by atoms with van der Waals surface area (Å²) in [4.78, 5) is 16.5. The van der Waals surface area contributed by atoms with E-state index < -0.39 is 10.0 Å².